The SMILES string of the molecule is COCCNC(=O)CSc1nc(-c2ccccc2)cc(C(F)(F)F)n1. The molecular formula is C16H16F3N3O2S. The van der Waals surface area contributed by atoms with Crippen molar-refractivity contribution in [1.82, 2.24) is 15.3 Å². The Kier molecular flexibility index (Phi) is 6.77. The fourth-order valence-corrected chi connectivity index (χ4v) is 2.55. The Bertz CT molecular complexity index is 712. The summed E-state index contributed by atoms with van der Waals surface area (Å²) >= 11 is 0.851. The van der Waals surface area contributed by atoms with E-state index in [4.69, 9.17) is 4.74 Å². The van der Waals surface area contributed by atoms with Gasteiger partial charge < -0.3 is 10.1 Å². The molecule has 2 rings (SSSR count). The Labute approximate surface area is 147 Å². The molecule has 0 spiro atoms. The maximum atomic E-state index is 13.1. The topological polar surface area (TPSA) is 64.1 Å². The quantitative estimate of drug-likeness (QED) is 0.461. The second-order valence-electron chi connectivity index (χ2n) is 4.92. The number of carbonyl (C=O) groups is 1. The first-order valence-electron chi connectivity index (χ1n) is 7.30. The second-order valence-corrected chi connectivity index (χ2v) is 5.86. The van der Waals surface area contributed by atoms with E-state index in [1.807, 2.05) is 0 Å². The number of benzene rings is 1. The van der Waals surface area contributed by atoms with Gasteiger partial charge in [0.15, 0.2) is 5.16 Å². The third-order valence-corrected chi connectivity index (χ3v) is 3.87. The Morgan fingerprint density at radius 1 is 1.24 bits per heavy atom. The predicted octanol–water partition coefficient (Wildman–Crippen LogP) is 3.02. The van der Waals surface area contributed by atoms with Gasteiger partial charge in [0, 0.05) is 19.2 Å². The standard InChI is InChI=1S/C16H16F3N3O2S/c1-24-8-7-20-14(23)10-25-15-21-12(11-5-3-2-4-6-11)9-13(22-15)16(17,18)19/h2-6,9H,7-8,10H2,1H3,(H,20,23). The van der Waals surface area contributed by atoms with Crippen molar-refractivity contribution in [1.29, 1.82) is 0 Å². The number of hydrogen-bond acceptors (Lipinski definition) is 5. The highest BCUT2D eigenvalue weighted by Crippen LogP contribution is 2.31. The third kappa shape index (κ3) is 6.02. The van der Waals surface area contributed by atoms with Crippen molar-refractivity contribution in [3.05, 3.63) is 42.1 Å². The largest absolute Gasteiger partial charge is 0.433 e. The summed E-state index contributed by atoms with van der Waals surface area (Å²) in [5.74, 6) is -0.413. The summed E-state index contributed by atoms with van der Waals surface area (Å²) in [6, 6.07) is 9.40. The maximum absolute atomic E-state index is 13.1. The first kappa shape index (κ1) is 19.2. The van der Waals surface area contributed by atoms with Gasteiger partial charge >= 0.3 is 6.18 Å². The number of nitrogens with zero attached hydrogens (tertiary/aromatic N) is 2. The van der Waals surface area contributed by atoms with Gasteiger partial charge in [-0.25, -0.2) is 9.97 Å². The van der Waals surface area contributed by atoms with Crippen molar-refractivity contribution >= 4 is 17.7 Å². The minimum Gasteiger partial charge on any atom is -0.383 e. The van der Waals surface area contributed by atoms with E-state index in [2.05, 4.69) is 15.3 Å². The van der Waals surface area contributed by atoms with Gasteiger partial charge in [-0.2, -0.15) is 13.2 Å². The highest BCUT2D eigenvalue weighted by Gasteiger charge is 2.33. The van der Waals surface area contributed by atoms with Crippen molar-refractivity contribution in [2.24, 2.45) is 0 Å². The molecule has 1 heterocycles. The summed E-state index contributed by atoms with van der Waals surface area (Å²) in [7, 11) is 1.50. The molecule has 0 aliphatic heterocycles. The highest BCUT2D eigenvalue weighted by atomic mass is 32.2. The minimum atomic E-state index is -4.59. The molecule has 0 radical (unpaired) electrons. The van der Waals surface area contributed by atoms with Crippen LogP contribution in [0.15, 0.2) is 41.6 Å². The number of aromatic nitrogens is 2. The molecule has 2 aromatic rings. The number of halogens is 3. The molecule has 0 saturated carbocycles. The molecular weight excluding hydrogens is 355 g/mol. The van der Waals surface area contributed by atoms with Crippen LogP contribution < -0.4 is 5.32 Å². The summed E-state index contributed by atoms with van der Waals surface area (Å²) in [4.78, 5) is 19.3. The number of hydrogen-bond donors (Lipinski definition) is 1. The molecule has 25 heavy (non-hydrogen) atoms. The lowest BCUT2D eigenvalue weighted by molar-refractivity contribution is -0.141. The fourth-order valence-electron chi connectivity index (χ4n) is 1.87. The van der Waals surface area contributed by atoms with Crippen molar-refractivity contribution < 1.29 is 22.7 Å². The lowest BCUT2D eigenvalue weighted by Gasteiger charge is -2.10. The molecule has 0 atom stereocenters. The van der Waals surface area contributed by atoms with Crippen LogP contribution in [0.1, 0.15) is 5.69 Å². The van der Waals surface area contributed by atoms with E-state index >= 15 is 0 Å². The normalized spacial score (nSPS) is 11.4. The molecule has 1 amide bonds. The van der Waals surface area contributed by atoms with Crippen LogP contribution in [-0.4, -0.2) is 41.9 Å². The molecule has 0 unspecified atom stereocenters. The Morgan fingerprint density at radius 2 is 1.96 bits per heavy atom. The molecule has 0 fully saturated rings. The van der Waals surface area contributed by atoms with Crippen LogP contribution in [-0.2, 0) is 15.7 Å². The van der Waals surface area contributed by atoms with Crippen LogP contribution in [0.2, 0.25) is 0 Å². The summed E-state index contributed by atoms with van der Waals surface area (Å²) in [6.45, 7) is 0.684. The van der Waals surface area contributed by atoms with E-state index in [0.29, 0.717) is 18.7 Å². The monoisotopic (exact) mass is 371 g/mol. The number of carbonyl (C=O) groups excluding carboxylic acids is 1. The molecule has 0 bridgehead atoms. The van der Waals surface area contributed by atoms with E-state index in [1.165, 1.54) is 7.11 Å². The number of methoxy groups -OCH3 is 1. The molecule has 134 valence electrons. The number of nitrogens with one attached hydrogen (secondary N) is 1. The summed E-state index contributed by atoms with van der Waals surface area (Å²) in [5, 5.41) is 2.48. The van der Waals surface area contributed by atoms with Gasteiger partial charge in [-0.3, -0.25) is 4.79 Å². The van der Waals surface area contributed by atoms with E-state index in [0.717, 1.165) is 17.8 Å². The number of alkyl halides is 3. The summed E-state index contributed by atoms with van der Waals surface area (Å²) in [6.07, 6.45) is -4.59. The van der Waals surface area contributed by atoms with E-state index in [1.54, 1.807) is 30.3 Å². The van der Waals surface area contributed by atoms with Gasteiger partial charge in [-0.15, -0.1) is 0 Å². The van der Waals surface area contributed by atoms with Crippen LogP contribution >= 0.6 is 11.8 Å². The molecule has 5 nitrogen and oxygen atoms in total. The molecule has 0 aliphatic rings. The van der Waals surface area contributed by atoms with Gasteiger partial charge in [0.2, 0.25) is 5.91 Å². The summed E-state index contributed by atoms with van der Waals surface area (Å²) < 4.78 is 44.0. The maximum Gasteiger partial charge on any atom is 0.433 e. The van der Waals surface area contributed by atoms with E-state index < -0.39 is 11.9 Å². The lowest BCUT2D eigenvalue weighted by Crippen LogP contribution is -2.28. The lowest BCUT2D eigenvalue weighted by atomic mass is 10.1. The van der Waals surface area contributed by atoms with Crippen LogP contribution in [0.3, 0.4) is 0 Å². The third-order valence-electron chi connectivity index (χ3n) is 3.03. The summed E-state index contributed by atoms with van der Waals surface area (Å²) in [5.41, 5.74) is -0.337. The van der Waals surface area contributed by atoms with E-state index in [9.17, 15) is 18.0 Å². The van der Waals surface area contributed by atoms with Crippen LogP contribution in [0.5, 0.6) is 0 Å². The van der Waals surface area contributed by atoms with Gasteiger partial charge in [-0.05, 0) is 6.07 Å². The van der Waals surface area contributed by atoms with Crippen molar-refractivity contribution in [3.8, 4) is 11.3 Å². The fraction of sp³-hybridized carbons (Fsp3) is 0.312. The number of amides is 1. The van der Waals surface area contributed by atoms with Crippen molar-refractivity contribution in [2.45, 2.75) is 11.3 Å². The smallest absolute Gasteiger partial charge is 0.383 e. The van der Waals surface area contributed by atoms with Gasteiger partial charge in [0.1, 0.15) is 5.69 Å². The van der Waals surface area contributed by atoms with Gasteiger partial charge in [0.05, 0.1) is 18.1 Å². The zero-order valence-electron chi connectivity index (χ0n) is 13.3. The molecule has 9 heteroatoms. The minimum absolute atomic E-state index is 0.0841. The zero-order chi connectivity index (χ0) is 18.3. The highest BCUT2D eigenvalue weighted by molar-refractivity contribution is 7.99. The predicted molar refractivity (Wildman–Crippen MR) is 88.1 cm³/mol. The van der Waals surface area contributed by atoms with Crippen molar-refractivity contribution in [2.75, 3.05) is 26.0 Å². The average Bonchev–Trinajstić information content (AvgIpc) is 2.60. The van der Waals surface area contributed by atoms with Gasteiger partial charge in [-0.1, -0.05) is 42.1 Å². The molecule has 0 aliphatic carbocycles. The molecule has 1 aromatic heterocycles. The number of thioether (sulfide) groups is 1. The van der Waals surface area contributed by atoms with Crippen LogP contribution in [0.4, 0.5) is 13.2 Å². The van der Waals surface area contributed by atoms with Gasteiger partial charge in [0.25, 0.3) is 0 Å². The van der Waals surface area contributed by atoms with Crippen LogP contribution in [0, 0.1) is 0 Å². The van der Waals surface area contributed by atoms with E-state index in [-0.39, 0.29) is 22.5 Å². The second kappa shape index (κ2) is 8.82. The molecule has 1 aromatic carbocycles. The van der Waals surface area contributed by atoms with Crippen molar-refractivity contribution in [3.63, 3.8) is 0 Å². The first-order valence-corrected chi connectivity index (χ1v) is 8.29. The Balaban J connectivity index is 2.18. The number of ether oxygens (including phenoxy) is 1. The molecule has 0 saturated heterocycles. The molecule has 1 N–H and O–H groups in total. The van der Waals surface area contributed by atoms with Crippen LogP contribution in [0.25, 0.3) is 11.3 Å². The number of rotatable bonds is 7. The Hall–Kier alpha value is -2.13. The first-order chi connectivity index (χ1) is 11.9. The Morgan fingerprint density at radius 3 is 2.60 bits per heavy atom. The average molecular weight is 371 g/mol. The zero-order valence-corrected chi connectivity index (χ0v) is 14.2.